The number of carbonyl (C=O) groups is 2. The van der Waals surface area contributed by atoms with E-state index in [2.05, 4.69) is 13.8 Å². The maximum atomic E-state index is 10.3. The molecule has 0 fully saturated rings. The first-order chi connectivity index (χ1) is 15.5. The van der Waals surface area contributed by atoms with Crippen molar-refractivity contribution in [2.75, 3.05) is 0 Å². The first kappa shape index (κ1) is 37.7. The van der Waals surface area contributed by atoms with Crippen LogP contribution in [0.25, 0.3) is 0 Å². The number of rotatable bonds is 24. The zero-order valence-electron chi connectivity index (χ0n) is 22.4. The van der Waals surface area contributed by atoms with E-state index in [0.717, 1.165) is 25.7 Å². The second-order valence-electron chi connectivity index (χ2n) is 9.36. The maximum Gasteiger partial charge on any atom is 0.303 e. The summed E-state index contributed by atoms with van der Waals surface area (Å²) in [6.45, 7) is 4.49. The molecular formula is C28H56CaO4. The maximum absolute atomic E-state index is 10.3. The predicted molar refractivity (Wildman–Crippen MR) is 143 cm³/mol. The van der Waals surface area contributed by atoms with Crippen LogP contribution in [0, 0.1) is 0 Å². The molecule has 0 aromatic heterocycles. The normalized spacial score (nSPS) is 10.2. The summed E-state index contributed by atoms with van der Waals surface area (Å²) < 4.78 is 0. The quantitative estimate of drug-likeness (QED) is 0.103. The molecule has 0 saturated heterocycles. The van der Waals surface area contributed by atoms with E-state index in [0.29, 0.717) is 12.8 Å². The summed E-state index contributed by atoms with van der Waals surface area (Å²) in [7, 11) is 0. The van der Waals surface area contributed by atoms with Gasteiger partial charge in [-0.3, -0.25) is 9.59 Å². The first-order valence-corrected chi connectivity index (χ1v) is 14.0. The van der Waals surface area contributed by atoms with Gasteiger partial charge in [0, 0.05) is 50.6 Å². The fourth-order valence-corrected chi connectivity index (χ4v) is 3.88. The van der Waals surface area contributed by atoms with Gasteiger partial charge >= 0.3 is 11.9 Å². The monoisotopic (exact) mass is 496 g/mol. The number of hydrogen-bond acceptors (Lipinski definition) is 2. The van der Waals surface area contributed by atoms with Crippen LogP contribution < -0.4 is 0 Å². The summed E-state index contributed by atoms with van der Waals surface area (Å²) in [5.74, 6) is -1.31. The Labute approximate surface area is 236 Å². The van der Waals surface area contributed by atoms with Crippen LogP contribution in [-0.4, -0.2) is 59.9 Å². The van der Waals surface area contributed by atoms with Crippen molar-refractivity contribution in [3.8, 4) is 0 Å². The molecule has 0 rings (SSSR count). The van der Waals surface area contributed by atoms with Crippen LogP contribution in [0.1, 0.15) is 168 Å². The molecule has 0 heterocycles. The van der Waals surface area contributed by atoms with Crippen molar-refractivity contribution in [2.24, 2.45) is 0 Å². The molecule has 0 saturated carbocycles. The van der Waals surface area contributed by atoms with Crippen LogP contribution in [0.5, 0.6) is 0 Å². The van der Waals surface area contributed by atoms with E-state index in [1.807, 2.05) is 0 Å². The average Bonchev–Trinajstić information content (AvgIpc) is 2.76. The topological polar surface area (TPSA) is 74.6 Å². The van der Waals surface area contributed by atoms with Gasteiger partial charge in [0.1, 0.15) is 0 Å². The molecule has 2 N–H and O–H groups in total. The van der Waals surface area contributed by atoms with Gasteiger partial charge in [-0.1, -0.05) is 142 Å². The minimum absolute atomic E-state index is 0. The molecule has 0 aliphatic heterocycles. The minimum Gasteiger partial charge on any atom is -0.481 e. The summed E-state index contributed by atoms with van der Waals surface area (Å²) in [6.07, 6.45) is 28.7. The van der Waals surface area contributed by atoms with Crippen molar-refractivity contribution < 1.29 is 19.8 Å². The average molecular weight is 497 g/mol. The van der Waals surface area contributed by atoms with E-state index in [1.165, 1.54) is 116 Å². The van der Waals surface area contributed by atoms with E-state index in [4.69, 9.17) is 10.2 Å². The number of aliphatic carboxylic acids is 2. The van der Waals surface area contributed by atoms with Crippen LogP contribution in [0.3, 0.4) is 0 Å². The second kappa shape index (κ2) is 34.4. The van der Waals surface area contributed by atoms with Gasteiger partial charge in [-0.2, -0.15) is 0 Å². The SMILES string of the molecule is CCCCCCCCCCCCCC(=O)O.CCCCCCCCCCCCCC(=O)O.[Ca]. The van der Waals surface area contributed by atoms with Gasteiger partial charge in [0.25, 0.3) is 0 Å². The summed E-state index contributed by atoms with van der Waals surface area (Å²) in [6, 6.07) is 0. The molecule has 0 unspecified atom stereocenters. The van der Waals surface area contributed by atoms with Gasteiger partial charge in [0.05, 0.1) is 0 Å². The fraction of sp³-hybridized carbons (Fsp3) is 0.929. The standard InChI is InChI=1S/2C14H28O2.Ca/c2*1-2-3-4-5-6-7-8-9-10-11-12-13-14(15)16;/h2*2-13H2,1H3,(H,15,16);. The Bertz CT molecular complexity index is 352. The third kappa shape index (κ3) is 42.8. The van der Waals surface area contributed by atoms with E-state index in [9.17, 15) is 9.59 Å². The van der Waals surface area contributed by atoms with Crippen molar-refractivity contribution in [3.05, 3.63) is 0 Å². The van der Waals surface area contributed by atoms with E-state index < -0.39 is 11.9 Å². The summed E-state index contributed by atoms with van der Waals surface area (Å²) in [5, 5.41) is 16.9. The van der Waals surface area contributed by atoms with Gasteiger partial charge in [-0.15, -0.1) is 0 Å². The predicted octanol–water partition coefficient (Wildman–Crippen LogP) is 9.16. The van der Waals surface area contributed by atoms with E-state index in [1.54, 1.807) is 0 Å². The fourth-order valence-electron chi connectivity index (χ4n) is 3.88. The number of carboxylic acids is 2. The van der Waals surface area contributed by atoms with Crippen molar-refractivity contribution in [2.45, 2.75) is 168 Å². The summed E-state index contributed by atoms with van der Waals surface area (Å²) in [4.78, 5) is 20.5. The summed E-state index contributed by atoms with van der Waals surface area (Å²) >= 11 is 0. The molecule has 0 bridgehead atoms. The molecule has 194 valence electrons. The van der Waals surface area contributed by atoms with Crippen LogP contribution in [0.15, 0.2) is 0 Å². The molecule has 0 aliphatic carbocycles. The Balaban J connectivity index is -0.000000529. The Morgan fingerprint density at radius 3 is 0.758 bits per heavy atom. The molecule has 0 aromatic carbocycles. The third-order valence-electron chi connectivity index (χ3n) is 5.99. The summed E-state index contributed by atoms with van der Waals surface area (Å²) in [5.41, 5.74) is 0. The van der Waals surface area contributed by atoms with E-state index >= 15 is 0 Å². The Kier molecular flexibility index (Phi) is 39.3. The molecule has 0 aliphatic rings. The number of hydrogen-bond donors (Lipinski definition) is 2. The molecule has 5 heteroatoms. The zero-order chi connectivity index (χ0) is 24.1. The van der Waals surface area contributed by atoms with Gasteiger partial charge < -0.3 is 10.2 Å². The van der Waals surface area contributed by atoms with Gasteiger partial charge in [-0.05, 0) is 12.8 Å². The Morgan fingerprint density at radius 1 is 0.394 bits per heavy atom. The second-order valence-corrected chi connectivity index (χ2v) is 9.36. The smallest absolute Gasteiger partial charge is 0.303 e. The molecule has 0 amide bonds. The number of unbranched alkanes of at least 4 members (excludes halogenated alkanes) is 20. The molecular weight excluding hydrogens is 440 g/mol. The largest absolute Gasteiger partial charge is 0.481 e. The molecule has 0 atom stereocenters. The minimum atomic E-state index is -0.657. The Hall–Kier alpha value is 0.200. The number of carboxylic acid groups (broad SMARTS) is 2. The molecule has 2 radical (unpaired) electrons. The van der Waals surface area contributed by atoms with Crippen LogP contribution >= 0.6 is 0 Å². The van der Waals surface area contributed by atoms with Gasteiger partial charge in [0.15, 0.2) is 0 Å². The zero-order valence-corrected chi connectivity index (χ0v) is 24.6. The van der Waals surface area contributed by atoms with Crippen LogP contribution in [-0.2, 0) is 9.59 Å². The van der Waals surface area contributed by atoms with Crippen LogP contribution in [0.2, 0.25) is 0 Å². The molecule has 0 aromatic rings. The van der Waals surface area contributed by atoms with Gasteiger partial charge in [0.2, 0.25) is 0 Å². The first-order valence-electron chi connectivity index (χ1n) is 14.0. The van der Waals surface area contributed by atoms with Crippen molar-refractivity contribution in [1.29, 1.82) is 0 Å². The van der Waals surface area contributed by atoms with Crippen molar-refractivity contribution >= 4 is 49.7 Å². The molecule has 0 spiro atoms. The van der Waals surface area contributed by atoms with Crippen molar-refractivity contribution in [1.82, 2.24) is 0 Å². The Morgan fingerprint density at radius 2 is 0.576 bits per heavy atom. The molecule has 4 nitrogen and oxygen atoms in total. The van der Waals surface area contributed by atoms with Crippen molar-refractivity contribution in [3.63, 3.8) is 0 Å². The molecule has 33 heavy (non-hydrogen) atoms. The van der Waals surface area contributed by atoms with Gasteiger partial charge in [-0.25, -0.2) is 0 Å². The van der Waals surface area contributed by atoms with Crippen LogP contribution in [0.4, 0.5) is 0 Å². The van der Waals surface area contributed by atoms with E-state index in [-0.39, 0.29) is 37.7 Å². The third-order valence-corrected chi connectivity index (χ3v) is 5.99.